The Hall–Kier alpha value is -1.92. The molecule has 0 atom stereocenters. The standard InChI is InChI=1S/C23H31N3O2S/c1-3-5-14-26-20(17-24-22(26)29(27,28)4-2)18-25-15-12-23(13-16-25)11-10-19-8-6-7-9-21(19)23/h6-11,17H,3-5,12-16,18H2,1-2H3. The highest BCUT2D eigenvalue weighted by Crippen LogP contribution is 2.43. The molecule has 2 aromatic rings. The van der Waals surface area contributed by atoms with Crippen LogP contribution in [0.2, 0.25) is 0 Å². The average Bonchev–Trinajstić information content (AvgIpc) is 3.31. The minimum Gasteiger partial charge on any atom is -0.318 e. The van der Waals surface area contributed by atoms with Crippen LogP contribution in [0.4, 0.5) is 0 Å². The molecule has 1 saturated heterocycles. The Morgan fingerprint density at radius 1 is 1.14 bits per heavy atom. The number of imidazole rings is 1. The molecule has 1 spiro atoms. The first-order valence-electron chi connectivity index (χ1n) is 10.8. The van der Waals surface area contributed by atoms with Gasteiger partial charge in [-0.2, -0.15) is 0 Å². The number of aromatic nitrogens is 2. The quantitative estimate of drug-likeness (QED) is 0.687. The highest BCUT2D eigenvalue weighted by Gasteiger charge is 2.38. The Morgan fingerprint density at radius 2 is 1.90 bits per heavy atom. The van der Waals surface area contributed by atoms with E-state index in [0.717, 1.165) is 51.0 Å². The molecule has 0 radical (unpaired) electrons. The molecule has 2 heterocycles. The van der Waals surface area contributed by atoms with Gasteiger partial charge in [0.1, 0.15) is 0 Å². The lowest BCUT2D eigenvalue weighted by atomic mass is 9.74. The van der Waals surface area contributed by atoms with Gasteiger partial charge in [-0.25, -0.2) is 13.4 Å². The Kier molecular flexibility index (Phi) is 5.67. The lowest BCUT2D eigenvalue weighted by molar-refractivity contribution is 0.173. The van der Waals surface area contributed by atoms with Crippen LogP contribution < -0.4 is 0 Å². The zero-order chi connectivity index (χ0) is 20.5. The van der Waals surface area contributed by atoms with Gasteiger partial charge >= 0.3 is 0 Å². The summed E-state index contributed by atoms with van der Waals surface area (Å²) < 4.78 is 26.9. The van der Waals surface area contributed by atoms with Gasteiger partial charge in [-0.1, -0.05) is 56.7 Å². The van der Waals surface area contributed by atoms with Crippen LogP contribution in [0.25, 0.3) is 6.08 Å². The minimum atomic E-state index is -3.31. The van der Waals surface area contributed by atoms with E-state index in [2.05, 4.69) is 53.2 Å². The zero-order valence-electron chi connectivity index (χ0n) is 17.5. The first-order chi connectivity index (χ1) is 14.0. The first-order valence-corrected chi connectivity index (χ1v) is 12.4. The molecule has 6 heteroatoms. The predicted molar refractivity (Wildman–Crippen MR) is 117 cm³/mol. The van der Waals surface area contributed by atoms with Crippen molar-refractivity contribution in [2.45, 2.75) is 63.2 Å². The molecule has 0 bridgehead atoms. The van der Waals surface area contributed by atoms with Gasteiger partial charge in [0.25, 0.3) is 0 Å². The number of unbranched alkanes of at least 4 members (excludes halogenated alkanes) is 1. The molecule has 4 rings (SSSR count). The first kappa shape index (κ1) is 20.4. The van der Waals surface area contributed by atoms with Crippen molar-refractivity contribution in [1.29, 1.82) is 0 Å². The second-order valence-electron chi connectivity index (χ2n) is 8.29. The number of hydrogen-bond acceptors (Lipinski definition) is 4. The maximum atomic E-state index is 12.5. The van der Waals surface area contributed by atoms with Crippen LogP contribution >= 0.6 is 0 Å². The van der Waals surface area contributed by atoms with E-state index in [1.165, 1.54) is 11.1 Å². The third-order valence-corrected chi connectivity index (χ3v) is 8.15. The van der Waals surface area contributed by atoms with Crippen molar-refractivity contribution in [3.05, 3.63) is 53.4 Å². The minimum absolute atomic E-state index is 0.0908. The molecule has 0 saturated carbocycles. The van der Waals surface area contributed by atoms with Crippen molar-refractivity contribution in [1.82, 2.24) is 14.5 Å². The number of nitrogens with zero attached hydrogens (tertiary/aromatic N) is 3. The Morgan fingerprint density at radius 3 is 2.62 bits per heavy atom. The van der Waals surface area contributed by atoms with Gasteiger partial charge in [-0.3, -0.25) is 4.90 Å². The summed E-state index contributed by atoms with van der Waals surface area (Å²) in [5, 5.41) is 0.240. The fraction of sp³-hybridized carbons (Fsp3) is 0.522. The molecule has 0 amide bonds. The van der Waals surface area contributed by atoms with E-state index in [4.69, 9.17) is 0 Å². The van der Waals surface area contributed by atoms with E-state index in [1.807, 2.05) is 4.57 Å². The number of piperidine rings is 1. The molecule has 1 aliphatic carbocycles. The molecule has 1 aromatic carbocycles. The van der Waals surface area contributed by atoms with Crippen LogP contribution in [0.1, 0.15) is 56.4 Å². The van der Waals surface area contributed by atoms with Gasteiger partial charge in [0, 0.05) is 18.5 Å². The van der Waals surface area contributed by atoms with Gasteiger partial charge in [0.05, 0.1) is 17.6 Å². The van der Waals surface area contributed by atoms with E-state index in [1.54, 1.807) is 13.1 Å². The highest BCUT2D eigenvalue weighted by molar-refractivity contribution is 7.91. The maximum Gasteiger partial charge on any atom is 0.227 e. The van der Waals surface area contributed by atoms with Crippen LogP contribution in [-0.2, 0) is 28.3 Å². The number of benzene rings is 1. The molecule has 1 aromatic heterocycles. The van der Waals surface area contributed by atoms with Gasteiger partial charge < -0.3 is 4.57 Å². The molecule has 1 fully saturated rings. The summed E-state index contributed by atoms with van der Waals surface area (Å²) in [4.78, 5) is 6.76. The maximum absolute atomic E-state index is 12.5. The molecule has 156 valence electrons. The molecule has 5 nitrogen and oxygen atoms in total. The van der Waals surface area contributed by atoms with Crippen LogP contribution in [0.5, 0.6) is 0 Å². The van der Waals surface area contributed by atoms with E-state index in [0.29, 0.717) is 6.54 Å². The van der Waals surface area contributed by atoms with Gasteiger partial charge in [0.15, 0.2) is 0 Å². The fourth-order valence-electron chi connectivity index (χ4n) is 4.66. The molecule has 0 N–H and O–H groups in total. The average molecular weight is 414 g/mol. The number of sulfone groups is 1. The van der Waals surface area contributed by atoms with Crippen LogP contribution in [0, 0.1) is 0 Å². The highest BCUT2D eigenvalue weighted by atomic mass is 32.2. The van der Waals surface area contributed by atoms with E-state index in [-0.39, 0.29) is 16.3 Å². The number of fused-ring (bicyclic) bond motifs is 2. The summed E-state index contributed by atoms with van der Waals surface area (Å²) in [6.45, 7) is 7.30. The summed E-state index contributed by atoms with van der Waals surface area (Å²) in [5.41, 5.74) is 4.01. The monoisotopic (exact) mass is 413 g/mol. The number of likely N-dealkylation sites (tertiary alicyclic amines) is 1. The molecular formula is C23H31N3O2S. The Labute approximate surface area is 174 Å². The molecule has 2 aliphatic rings. The van der Waals surface area contributed by atoms with Crippen molar-refractivity contribution >= 4 is 15.9 Å². The molecule has 29 heavy (non-hydrogen) atoms. The Balaban J connectivity index is 1.49. The number of allylic oxidation sites excluding steroid dienone is 1. The molecule has 0 unspecified atom stereocenters. The number of rotatable bonds is 7. The van der Waals surface area contributed by atoms with Gasteiger partial charge in [0.2, 0.25) is 15.0 Å². The van der Waals surface area contributed by atoms with Crippen LogP contribution in [0.3, 0.4) is 0 Å². The van der Waals surface area contributed by atoms with E-state index in [9.17, 15) is 8.42 Å². The van der Waals surface area contributed by atoms with Crippen molar-refractivity contribution in [2.24, 2.45) is 0 Å². The van der Waals surface area contributed by atoms with Gasteiger partial charge in [-0.05, 0) is 43.5 Å². The second kappa shape index (κ2) is 8.07. The van der Waals surface area contributed by atoms with E-state index >= 15 is 0 Å². The summed E-state index contributed by atoms with van der Waals surface area (Å²) >= 11 is 0. The van der Waals surface area contributed by atoms with Gasteiger partial charge in [-0.15, -0.1) is 0 Å². The number of hydrogen-bond donors (Lipinski definition) is 0. The normalized spacial score (nSPS) is 18.4. The Bertz CT molecular complexity index is 999. The van der Waals surface area contributed by atoms with Crippen LogP contribution in [-0.4, -0.2) is 41.7 Å². The second-order valence-corrected chi connectivity index (χ2v) is 10.5. The zero-order valence-corrected chi connectivity index (χ0v) is 18.3. The SMILES string of the molecule is CCCCn1c(CN2CCC3(C=Cc4ccccc43)CC2)cnc1S(=O)(=O)CC. The fourth-order valence-corrected chi connectivity index (χ4v) is 5.68. The summed E-state index contributed by atoms with van der Waals surface area (Å²) in [6, 6.07) is 8.72. The molecular weight excluding hydrogens is 382 g/mol. The van der Waals surface area contributed by atoms with Crippen LogP contribution in [0.15, 0.2) is 41.7 Å². The predicted octanol–water partition coefficient (Wildman–Crippen LogP) is 4.04. The summed E-state index contributed by atoms with van der Waals surface area (Å²) in [5.74, 6) is 0.0908. The lowest BCUT2D eigenvalue weighted by Crippen LogP contribution is -2.41. The summed E-state index contributed by atoms with van der Waals surface area (Å²) in [6.07, 6.45) is 10.6. The third kappa shape index (κ3) is 3.80. The van der Waals surface area contributed by atoms with Crippen molar-refractivity contribution in [2.75, 3.05) is 18.8 Å². The molecule has 1 aliphatic heterocycles. The largest absolute Gasteiger partial charge is 0.318 e. The van der Waals surface area contributed by atoms with E-state index < -0.39 is 9.84 Å². The van der Waals surface area contributed by atoms with Crippen molar-refractivity contribution in [3.63, 3.8) is 0 Å². The smallest absolute Gasteiger partial charge is 0.227 e. The van der Waals surface area contributed by atoms with Crippen molar-refractivity contribution in [3.8, 4) is 0 Å². The van der Waals surface area contributed by atoms with Crippen molar-refractivity contribution < 1.29 is 8.42 Å². The lowest BCUT2D eigenvalue weighted by Gasteiger charge is -2.39. The topological polar surface area (TPSA) is 55.2 Å². The summed E-state index contributed by atoms with van der Waals surface area (Å²) in [7, 11) is -3.31. The third-order valence-electron chi connectivity index (χ3n) is 6.51.